The van der Waals surface area contributed by atoms with Crippen LogP contribution >= 0.6 is 15.9 Å². The fourth-order valence-corrected chi connectivity index (χ4v) is 2.94. The first-order chi connectivity index (χ1) is 11.7. The molecule has 0 aliphatic carbocycles. The molecule has 0 saturated carbocycles. The zero-order chi connectivity index (χ0) is 17.1. The summed E-state index contributed by atoms with van der Waals surface area (Å²) in [5, 5.41) is 4.80. The van der Waals surface area contributed by atoms with E-state index in [0.717, 1.165) is 15.5 Å². The quantitative estimate of drug-likeness (QED) is 0.667. The van der Waals surface area contributed by atoms with Crippen LogP contribution in [0.5, 0.6) is 5.75 Å². The Hall–Kier alpha value is -2.60. The van der Waals surface area contributed by atoms with Crippen molar-refractivity contribution in [3.63, 3.8) is 0 Å². The van der Waals surface area contributed by atoms with Crippen LogP contribution in [0.15, 0.2) is 53.1 Å². The van der Waals surface area contributed by atoms with Crippen LogP contribution in [-0.4, -0.2) is 25.2 Å². The highest BCUT2D eigenvalue weighted by Gasteiger charge is 2.17. The molecule has 0 fully saturated rings. The van der Waals surface area contributed by atoms with Crippen molar-refractivity contribution in [1.29, 1.82) is 0 Å². The van der Waals surface area contributed by atoms with E-state index in [1.165, 1.54) is 7.11 Å². The lowest BCUT2D eigenvalue weighted by molar-refractivity contribution is 0.0603. The SMILES string of the molecule is COC(=O)c1cccc2c(Br)cnc(Nc3ccccc3OC)c12. The molecule has 5 nitrogen and oxygen atoms in total. The zero-order valence-corrected chi connectivity index (χ0v) is 14.8. The van der Waals surface area contributed by atoms with Crippen LogP contribution in [0.2, 0.25) is 0 Å². The number of methoxy groups -OCH3 is 2. The standard InChI is InChI=1S/C18H15BrN2O3/c1-23-15-9-4-3-8-14(15)21-17-16-11(13(19)10-20-17)6-5-7-12(16)18(22)24-2/h3-10H,1-2H3,(H,20,21). The van der Waals surface area contributed by atoms with Gasteiger partial charge in [-0.3, -0.25) is 0 Å². The predicted molar refractivity (Wildman–Crippen MR) is 97.1 cm³/mol. The molecular formula is C18H15BrN2O3. The number of aromatic nitrogens is 1. The van der Waals surface area contributed by atoms with Crippen molar-refractivity contribution in [2.75, 3.05) is 19.5 Å². The molecular weight excluding hydrogens is 372 g/mol. The highest BCUT2D eigenvalue weighted by atomic mass is 79.9. The number of benzene rings is 2. The average Bonchev–Trinajstić information content (AvgIpc) is 2.63. The number of rotatable bonds is 4. The molecule has 0 saturated heterocycles. The number of anilines is 2. The van der Waals surface area contributed by atoms with Gasteiger partial charge < -0.3 is 14.8 Å². The molecule has 0 unspecified atom stereocenters. The molecule has 3 rings (SSSR count). The van der Waals surface area contributed by atoms with Crippen LogP contribution in [0.25, 0.3) is 10.8 Å². The monoisotopic (exact) mass is 386 g/mol. The smallest absolute Gasteiger partial charge is 0.338 e. The van der Waals surface area contributed by atoms with E-state index < -0.39 is 5.97 Å². The Morgan fingerprint density at radius 3 is 2.67 bits per heavy atom. The first-order valence-electron chi connectivity index (χ1n) is 7.21. The number of hydrogen-bond acceptors (Lipinski definition) is 5. The highest BCUT2D eigenvalue weighted by molar-refractivity contribution is 9.10. The van der Waals surface area contributed by atoms with Crippen LogP contribution in [0.3, 0.4) is 0 Å². The molecule has 24 heavy (non-hydrogen) atoms. The van der Waals surface area contributed by atoms with Crippen molar-refractivity contribution in [3.8, 4) is 5.75 Å². The number of hydrogen-bond donors (Lipinski definition) is 1. The molecule has 0 aliphatic rings. The second-order valence-corrected chi connectivity index (χ2v) is 5.85. The van der Waals surface area contributed by atoms with Crippen molar-refractivity contribution >= 4 is 44.2 Å². The largest absolute Gasteiger partial charge is 0.495 e. The van der Waals surface area contributed by atoms with Crippen molar-refractivity contribution in [1.82, 2.24) is 4.98 Å². The molecule has 3 aromatic rings. The Balaban J connectivity index is 2.21. The lowest BCUT2D eigenvalue weighted by Gasteiger charge is -2.14. The molecule has 1 heterocycles. The third-order valence-corrected chi connectivity index (χ3v) is 4.26. The fourth-order valence-electron chi connectivity index (χ4n) is 2.51. The van der Waals surface area contributed by atoms with E-state index >= 15 is 0 Å². The first kappa shape index (κ1) is 16.3. The number of halogens is 1. The van der Waals surface area contributed by atoms with Gasteiger partial charge in [0.15, 0.2) is 0 Å². The number of carbonyl (C=O) groups is 1. The van der Waals surface area contributed by atoms with Gasteiger partial charge in [-0.2, -0.15) is 0 Å². The van der Waals surface area contributed by atoms with Gasteiger partial charge in [-0.15, -0.1) is 0 Å². The van der Waals surface area contributed by atoms with Crippen molar-refractivity contribution in [3.05, 3.63) is 58.7 Å². The topological polar surface area (TPSA) is 60.5 Å². The number of nitrogens with one attached hydrogen (secondary N) is 1. The number of carbonyl (C=O) groups excluding carboxylic acids is 1. The van der Waals surface area contributed by atoms with Gasteiger partial charge in [0.05, 0.1) is 25.5 Å². The third-order valence-electron chi connectivity index (χ3n) is 3.63. The summed E-state index contributed by atoms with van der Waals surface area (Å²) < 4.78 is 11.1. The summed E-state index contributed by atoms with van der Waals surface area (Å²) in [5.74, 6) is 0.827. The Morgan fingerprint density at radius 2 is 1.92 bits per heavy atom. The molecule has 0 atom stereocenters. The molecule has 0 radical (unpaired) electrons. The van der Waals surface area contributed by atoms with Gasteiger partial charge in [0.2, 0.25) is 0 Å². The van der Waals surface area contributed by atoms with Crippen LogP contribution in [0, 0.1) is 0 Å². The van der Waals surface area contributed by atoms with Gasteiger partial charge in [0.1, 0.15) is 11.6 Å². The van der Waals surface area contributed by atoms with E-state index in [9.17, 15) is 4.79 Å². The van der Waals surface area contributed by atoms with Crippen LogP contribution < -0.4 is 10.1 Å². The maximum atomic E-state index is 12.1. The average molecular weight is 387 g/mol. The predicted octanol–water partition coefficient (Wildman–Crippen LogP) is 4.54. The normalized spacial score (nSPS) is 10.5. The lowest BCUT2D eigenvalue weighted by atomic mass is 10.1. The molecule has 1 aromatic heterocycles. The first-order valence-corrected chi connectivity index (χ1v) is 8.00. The molecule has 122 valence electrons. The van der Waals surface area contributed by atoms with Gasteiger partial charge in [0.25, 0.3) is 0 Å². The van der Waals surface area contributed by atoms with Crippen molar-refractivity contribution in [2.24, 2.45) is 0 Å². The summed E-state index contributed by atoms with van der Waals surface area (Å²) in [5.41, 5.74) is 1.21. The fraction of sp³-hybridized carbons (Fsp3) is 0.111. The second kappa shape index (κ2) is 6.88. The summed E-state index contributed by atoms with van der Waals surface area (Å²) in [6.07, 6.45) is 1.70. The van der Waals surface area contributed by atoms with E-state index in [-0.39, 0.29) is 0 Å². The minimum atomic E-state index is -0.413. The van der Waals surface area contributed by atoms with Gasteiger partial charge in [-0.25, -0.2) is 9.78 Å². The maximum Gasteiger partial charge on any atom is 0.338 e. The van der Waals surface area contributed by atoms with Gasteiger partial charge in [0, 0.05) is 21.4 Å². The molecule has 2 aromatic carbocycles. The molecule has 6 heteroatoms. The summed E-state index contributed by atoms with van der Waals surface area (Å²) in [7, 11) is 2.97. The highest BCUT2D eigenvalue weighted by Crippen LogP contribution is 2.34. The zero-order valence-electron chi connectivity index (χ0n) is 13.2. The Kier molecular flexibility index (Phi) is 4.66. The van der Waals surface area contributed by atoms with Crippen molar-refractivity contribution < 1.29 is 14.3 Å². The molecule has 0 aliphatic heterocycles. The number of pyridine rings is 1. The number of nitrogens with zero attached hydrogens (tertiary/aromatic N) is 1. The van der Waals surface area contributed by atoms with Crippen molar-refractivity contribution in [2.45, 2.75) is 0 Å². The van der Waals surface area contributed by atoms with E-state index in [4.69, 9.17) is 9.47 Å². The van der Waals surface area contributed by atoms with Gasteiger partial charge >= 0.3 is 5.97 Å². The number of esters is 1. The second-order valence-electron chi connectivity index (χ2n) is 5.00. The summed E-state index contributed by atoms with van der Waals surface area (Å²) >= 11 is 3.48. The molecule has 1 N–H and O–H groups in total. The van der Waals surface area contributed by atoms with E-state index in [0.29, 0.717) is 22.5 Å². The third kappa shape index (κ3) is 2.92. The van der Waals surface area contributed by atoms with Gasteiger partial charge in [-0.05, 0) is 34.1 Å². The van der Waals surface area contributed by atoms with E-state index in [1.807, 2.05) is 36.4 Å². The summed E-state index contributed by atoms with van der Waals surface area (Å²) in [6, 6.07) is 13.0. The van der Waals surface area contributed by atoms with Crippen LogP contribution in [0.1, 0.15) is 10.4 Å². The van der Waals surface area contributed by atoms with Gasteiger partial charge in [-0.1, -0.05) is 24.3 Å². The van der Waals surface area contributed by atoms with E-state index in [2.05, 4.69) is 26.2 Å². The molecule has 0 bridgehead atoms. The Labute approximate surface area is 147 Å². The number of ether oxygens (including phenoxy) is 2. The molecule has 0 spiro atoms. The van der Waals surface area contributed by atoms with E-state index in [1.54, 1.807) is 19.4 Å². The maximum absolute atomic E-state index is 12.1. The molecule has 0 amide bonds. The minimum absolute atomic E-state index is 0.413. The number of fused-ring (bicyclic) bond motifs is 1. The van der Waals surface area contributed by atoms with Crippen LogP contribution in [0.4, 0.5) is 11.5 Å². The summed E-state index contributed by atoms with van der Waals surface area (Å²) in [6.45, 7) is 0. The Bertz CT molecular complexity index is 912. The lowest BCUT2D eigenvalue weighted by Crippen LogP contribution is -2.05. The minimum Gasteiger partial charge on any atom is -0.495 e. The summed E-state index contributed by atoms with van der Waals surface area (Å²) in [4.78, 5) is 16.6. The Morgan fingerprint density at radius 1 is 1.12 bits per heavy atom. The number of para-hydroxylation sites is 2. The van der Waals surface area contributed by atoms with Crippen LogP contribution in [-0.2, 0) is 4.74 Å².